The van der Waals surface area contributed by atoms with Crippen molar-refractivity contribution in [2.24, 2.45) is 0 Å². The van der Waals surface area contributed by atoms with Crippen LogP contribution in [-0.2, 0) is 32.6 Å². The second-order valence-corrected chi connectivity index (χ2v) is 12.7. The minimum atomic E-state index is -4.17. The molecule has 0 fully saturated rings. The Morgan fingerprint density at radius 3 is 2.00 bits per heavy atom. The average molecular weight is 616 g/mol. The summed E-state index contributed by atoms with van der Waals surface area (Å²) in [6.07, 6.45) is 0.887. The number of carbonyl (C=O) groups excluding carboxylic acids is 2. The molecule has 2 amide bonds. The van der Waals surface area contributed by atoms with Crippen LogP contribution in [0.2, 0.25) is 0 Å². The number of sulfonamides is 1. The van der Waals surface area contributed by atoms with Gasteiger partial charge in [-0.05, 0) is 67.8 Å². The molecule has 0 saturated heterocycles. The third-order valence-corrected chi connectivity index (χ3v) is 9.26. The van der Waals surface area contributed by atoms with Crippen molar-refractivity contribution in [1.82, 2.24) is 10.2 Å². The summed E-state index contributed by atoms with van der Waals surface area (Å²) in [5.41, 5.74) is 2.68. The van der Waals surface area contributed by atoms with E-state index in [-0.39, 0.29) is 29.8 Å². The maximum atomic E-state index is 14.4. The largest absolute Gasteiger partial charge is 0.352 e. The van der Waals surface area contributed by atoms with E-state index < -0.39 is 34.3 Å². The van der Waals surface area contributed by atoms with Crippen LogP contribution in [-0.4, -0.2) is 43.8 Å². The number of halogens is 1. The van der Waals surface area contributed by atoms with Gasteiger partial charge in [0.2, 0.25) is 11.8 Å². The van der Waals surface area contributed by atoms with Crippen molar-refractivity contribution < 1.29 is 22.4 Å². The number of hydrogen-bond acceptors (Lipinski definition) is 4. The molecule has 9 heteroatoms. The molecule has 230 valence electrons. The van der Waals surface area contributed by atoms with Gasteiger partial charge < -0.3 is 10.2 Å². The normalized spacial score (nSPS) is 12.6. The summed E-state index contributed by atoms with van der Waals surface area (Å²) in [6.45, 7) is 5.14. The Bertz CT molecular complexity index is 1630. The molecule has 7 nitrogen and oxygen atoms in total. The molecule has 0 aliphatic rings. The Labute approximate surface area is 259 Å². The molecule has 0 saturated carbocycles. The van der Waals surface area contributed by atoms with Crippen molar-refractivity contribution in [1.29, 1.82) is 0 Å². The zero-order valence-corrected chi connectivity index (χ0v) is 26.0. The number of carbonyl (C=O) groups is 2. The number of rotatable bonds is 13. The lowest BCUT2D eigenvalue weighted by atomic mass is 10.0. The fraction of sp³-hybridized carbons (Fsp3) is 0.257. The number of anilines is 1. The molecule has 0 radical (unpaired) electrons. The van der Waals surface area contributed by atoms with E-state index in [1.807, 2.05) is 51.1 Å². The fourth-order valence-electron chi connectivity index (χ4n) is 4.74. The molecule has 1 N–H and O–H groups in total. The van der Waals surface area contributed by atoms with Crippen LogP contribution in [0.5, 0.6) is 0 Å². The molecule has 2 atom stereocenters. The molecule has 0 unspecified atom stereocenters. The molecule has 0 bridgehead atoms. The number of hydrogen-bond donors (Lipinski definition) is 1. The highest BCUT2D eigenvalue weighted by atomic mass is 32.2. The van der Waals surface area contributed by atoms with Crippen molar-refractivity contribution in [2.75, 3.05) is 10.8 Å². The van der Waals surface area contributed by atoms with Crippen LogP contribution in [0.4, 0.5) is 10.1 Å². The summed E-state index contributed by atoms with van der Waals surface area (Å²) in [5.74, 6) is -1.36. The minimum absolute atomic E-state index is 0.0301. The lowest BCUT2D eigenvalue weighted by Gasteiger charge is -2.34. The number of nitrogens with zero attached hydrogens (tertiary/aromatic N) is 2. The molecule has 0 aromatic heterocycles. The van der Waals surface area contributed by atoms with E-state index in [9.17, 15) is 22.4 Å². The summed E-state index contributed by atoms with van der Waals surface area (Å²) in [5, 5.41) is 3.00. The van der Waals surface area contributed by atoms with Crippen LogP contribution in [0.1, 0.15) is 37.0 Å². The van der Waals surface area contributed by atoms with Crippen LogP contribution in [0.15, 0.2) is 114 Å². The highest BCUT2D eigenvalue weighted by Gasteiger charge is 2.35. The Morgan fingerprint density at radius 2 is 1.41 bits per heavy atom. The second-order valence-electron chi connectivity index (χ2n) is 10.8. The van der Waals surface area contributed by atoms with E-state index >= 15 is 0 Å². The van der Waals surface area contributed by atoms with Gasteiger partial charge in [0.15, 0.2) is 0 Å². The number of benzene rings is 4. The van der Waals surface area contributed by atoms with Gasteiger partial charge in [-0.25, -0.2) is 12.8 Å². The van der Waals surface area contributed by atoms with Crippen molar-refractivity contribution in [3.8, 4) is 0 Å². The van der Waals surface area contributed by atoms with Gasteiger partial charge in [-0.2, -0.15) is 0 Å². The molecule has 0 spiro atoms. The molecule has 0 aliphatic heterocycles. The maximum Gasteiger partial charge on any atom is 0.264 e. The molecule has 0 aliphatic carbocycles. The molecule has 44 heavy (non-hydrogen) atoms. The molecular formula is C35H38FN3O4S. The van der Waals surface area contributed by atoms with Gasteiger partial charge in [0, 0.05) is 19.0 Å². The van der Waals surface area contributed by atoms with E-state index in [1.54, 1.807) is 54.6 Å². The van der Waals surface area contributed by atoms with Crippen LogP contribution < -0.4 is 9.62 Å². The van der Waals surface area contributed by atoms with Crippen molar-refractivity contribution in [3.63, 3.8) is 0 Å². The van der Waals surface area contributed by atoms with E-state index in [2.05, 4.69) is 5.32 Å². The van der Waals surface area contributed by atoms with E-state index in [1.165, 1.54) is 29.2 Å². The van der Waals surface area contributed by atoms with Gasteiger partial charge in [-0.3, -0.25) is 13.9 Å². The monoisotopic (exact) mass is 615 g/mol. The molecule has 4 aromatic carbocycles. The molecule has 4 rings (SSSR count). The van der Waals surface area contributed by atoms with E-state index in [0.717, 1.165) is 15.4 Å². The number of amides is 2. The molecule has 0 heterocycles. The predicted molar refractivity (Wildman–Crippen MR) is 171 cm³/mol. The SMILES string of the molecule is CC[C@@H](C)NC(=O)[C@@H](Cc1ccccc1)N(Cc1ccc(F)cc1)C(=O)CN(c1ccc(C)cc1)S(=O)(=O)c1ccccc1. The van der Waals surface area contributed by atoms with Gasteiger partial charge >= 0.3 is 0 Å². The zero-order chi connectivity index (χ0) is 31.7. The van der Waals surface area contributed by atoms with Crippen LogP contribution in [0, 0.1) is 12.7 Å². The Hall–Kier alpha value is -4.50. The Kier molecular flexibility index (Phi) is 10.9. The van der Waals surface area contributed by atoms with Gasteiger partial charge in [0.25, 0.3) is 10.0 Å². The first-order valence-corrected chi connectivity index (χ1v) is 16.0. The first-order chi connectivity index (χ1) is 21.1. The lowest BCUT2D eigenvalue weighted by Crippen LogP contribution is -2.54. The van der Waals surface area contributed by atoms with Gasteiger partial charge in [-0.15, -0.1) is 0 Å². The fourth-order valence-corrected chi connectivity index (χ4v) is 6.18. The lowest BCUT2D eigenvalue weighted by molar-refractivity contribution is -0.140. The first kappa shape index (κ1) is 32.4. The maximum absolute atomic E-state index is 14.4. The van der Waals surface area contributed by atoms with E-state index in [4.69, 9.17) is 0 Å². The average Bonchev–Trinajstić information content (AvgIpc) is 3.03. The highest BCUT2D eigenvalue weighted by Crippen LogP contribution is 2.25. The van der Waals surface area contributed by atoms with Gasteiger partial charge in [0.1, 0.15) is 18.4 Å². The van der Waals surface area contributed by atoms with Crippen LogP contribution in [0.25, 0.3) is 0 Å². The minimum Gasteiger partial charge on any atom is -0.352 e. The van der Waals surface area contributed by atoms with Crippen molar-refractivity contribution in [3.05, 3.63) is 132 Å². The summed E-state index contributed by atoms with van der Waals surface area (Å²) < 4.78 is 42.8. The third kappa shape index (κ3) is 8.32. The standard InChI is InChI=1S/C35H38FN3O4S/c1-4-27(3)37-35(41)33(23-28-11-7-5-8-12-28)38(24-29-17-19-30(36)20-18-29)34(40)25-39(31-21-15-26(2)16-22-31)44(42,43)32-13-9-6-10-14-32/h5-22,27,33H,4,23-25H2,1-3H3,(H,37,41)/t27-,33-/m1/s1. The highest BCUT2D eigenvalue weighted by molar-refractivity contribution is 7.92. The molecular weight excluding hydrogens is 577 g/mol. The summed E-state index contributed by atoms with van der Waals surface area (Å²) in [7, 11) is -4.17. The smallest absolute Gasteiger partial charge is 0.264 e. The third-order valence-electron chi connectivity index (χ3n) is 7.47. The first-order valence-electron chi connectivity index (χ1n) is 14.6. The van der Waals surface area contributed by atoms with Crippen molar-refractivity contribution in [2.45, 2.75) is 57.1 Å². The predicted octanol–water partition coefficient (Wildman–Crippen LogP) is 5.88. The number of aryl methyl sites for hydroxylation is 1. The molecule has 4 aromatic rings. The quantitative estimate of drug-likeness (QED) is 0.203. The van der Waals surface area contributed by atoms with E-state index in [0.29, 0.717) is 17.7 Å². The summed E-state index contributed by atoms with van der Waals surface area (Å²) in [4.78, 5) is 29.7. The Balaban J connectivity index is 1.79. The topological polar surface area (TPSA) is 86.8 Å². The van der Waals surface area contributed by atoms with Crippen LogP contribution in [0.3, 0.4) is 0 Å². The summed E-state index contributed by atoms with van der Waals surface area (Å²) in [6, 6.07) is 28.7. The van der Waals surface area contributed by atoms with Gasteiger partial charge in [0.05, 0.1) is 10.6 Å². The number of nitrogens with one attached hydrogen (secondary N) is 1. The second kappa shape index (κ2) is 14.8. The van der Waals surface area contributed by atoms with Crippen molar-refractivity contribution >= 4 is 27.5 Å². The summed E-state index contributed by atoms with van der Waals surface area (Å²) >= 11 is 0. The zero-order valence-electron chi connectivity index (χ0n) is 25.2. The van der Waals surface area contributed by atoms with Crippen LogP contribution >= 0.6 is 0 Å². The van der Waals surface area contributed by atoms with Gasteiger partial charge in [-0.1, -0.05) is 85.3 Å². The Morgan fingerprint density at radius 1 is 0.818 bits per heavy atom.